The first kappa shape index (κ1) is 17.7. The van der Waals surface area contributed by atoms with E-state index in [-0.39, 0.29) is 19.1 Å². The summed E-state index contributed by atoms with van der Waals surface area (Å²) in [6, 6.07) is 13.3. The van der Waals surface area contributed by atoms with Crippen LogP contribution in [-0.2, 0) is 27.4 Å². The van der Waals surface area contributed by atoms with E-state index in [9.17, 15) is 9.59 Å². The lowest BCUT2D eigenvalue weighted by Gasteiger charge is -2.17. The molecule has 26 heavy (non-hydrogen) atoms. The first-order valence-corrected chi connectivity index (χ1v) is 8.75. The summed E-state index contributed by atoms with van der Waals surface area (Å²) in [6.45, 7) is -0.0747. The number of esters is 1. The van der Waals surface area contributed by atoms with Crippen molar-refractivity contribution in [2.75, 3.05) is 13.7 Å². The molecular formula is C17H17N5O3S. The van der Waals surface area contributed by atoms with Crippen LogP contribution in [0.5, 0.6) is 0 Å². The summed E-state index contributed by atoms with van der Waals surface area (Å²) < 4.78 is 5.01. The number of nitrogens with zero attached hydrogens (tertiary/aromatic N) is 5. The largest absolute Gasteiger partial charge is 0.454 e. The lowest BCUT2D eigenvalue weighted by molar-refractivity contribution is -0.152. The van der Waals surface area contributed by atoms with Crippen LogP contribution < -0.4 is 0 Å². The number of aromatic nitrogens is 4. The topological polar surface area (TPSA) is 90.2 Å². The normalized spacial score (nSPS) is 10.5. The maximum absolute atomic E-state index is 12.1. The third-order valence-corrected chi connectivity index (χ3v) is 4.38. The van der Waals surface area contributed by atoms with Gasteiger partial charge in [-0.2, -0.15) is 4.80 Å². The lowest BCUT2D eigenvalue weighted by Crippen LogP contribution is -2.31. The SMILES string of the molecule is CN(Cc1ccccc1)C(=O)COC(=O)Cn1nnc(-c2cccs2)n1. The van der Waals surface area contributed by atoms with Gasteiger partial charge in [-0.3, -0.25) is 4.79 Å². The molecule has 0 aliphatic rings. The van der Waals surface area contributed by atoms with Gasteiger partial charge in [0.05, 0.1) is 4.88 Å². The second-order valence-corrected chi connectivity index (χ2v) is 6.46. The van der Waals surface area contributed by atoms with Crippen molar-refractivity contribution in [1.82, 2.24) is 25.1 Å². The Morgan fingerprint density at radius 3 is 2.73 bits per heavy atom. The van der Waals surface area contributed by atoms with Crippen molar-refractivity contribution < 1.29 is 14.3 Å². The number of hydrogen-bond acceptors (Lipinski definition) is 7. The third-order valence-electron chi connectivity index (χ3n) is 3.51. The monoisotopic (exact) mass is 371 g/mol. The second kappa shape index (κ2) is 8.34. The molecule has 9 heteroatoms. The van der Waals surface area contributed by atoms with E-state index in [1.165, 1.54) is 16.2 Å². The molecule has 0 spiro atoms. The van der Waals surface area contributed by atoms with E-state index in [0.29, 0.717) is 12.4 Å². The maximum Gasteiger partial charge on any atom is 0.330 e. The Bertz CT molecular complexity index is 864. The molecule has 0 fully saturated rings. The van der Waals surface area contributed by atoms with Gasteiger partial charge in [-0.1, -0.05) is 36.4 Å². The highest BCUT2D eigenvalue weighted by Crippen LogP contribution is 2.19. The number of tetrazole rings is 1. The van der Waals surface area contributed by atoms with Crippen LogP contribution in [0.1, 0.15) is 5.56 Å². The van der Waals surface area contributed by atoms with Crippen molar-refractivity contribution >= 4 is 23.2 Å². The van der Waals surface area contributed by atoms with Gasteiger partial charge in [0, 0.05) is 13.6 Å². The minimum atomic E-state index is -0.596. The predicted octanol–water partition coefficient (Wildman–Crippen LogP) is 1.60. The highest BCUT2D eigenvalue weighted by atomic mass is 32.1. The number of thiophene rings is 1. The number of rotatable bonds is 7. The van der Waals surface area contributed by atoms with E-state index < -0.39 is 5.97 Å². The number of amides is 1. The van der Waals surface area contributed by atoms with Crippen LogP contribution in [0.2, 0.25) is 0 Å². The zero-order valence-electron chi connectivity index (χ0n) is 14.1. The molecule has 2 heterocycles. The summed E-state index contributed by atoms with van der Waals surface area (Å²) in [5.74, 6) is -0.430. The zero-order chi connectivity index (χ0) is 18.4. The summed E-state index contributed by atoms with van der Waals surface area (Å²) in [7, 11) is 1.66. The summed E-state index contributed by atoms with van der Waals surface area (Å²) in [5, 5.41) is 13.7. The molecule has 2 aromatic heterocycles. The molecule has 0 bridgehead atoms. The minimum Gasteiger partial charge on any atom is -0.454 e. The van der Waals surface area contributed by atoms with Crippen molar-refractivity contribution in [1.29, 1.82) is 0 Å². The summed E-state index contributed by atoms with van der Waals surface area (Å²) in [6.07, 6.45) is 0. The highest BCUT2D eigenvalue weighted by Gasteiger charge is 2.14. The van der Waals surface area contributed by atoms with E-state index in [1.54, 1.807) is 7.05 Å². The van der Waals surface area contributed by atoms with Crippen LogP contribution in [0.25, 0.3) is 10.7 Å². The van der Waals surface area contributed by atoms with E-state index in [1.807, 2.05) is 47.8 Å². The second-order valence-electron chi connectivity index (χ2n) is 5.52. The minimum absolute atomic E-state index is 0.200. The molecule has 3 aromatic rings. The fourth-order valence-corrected chi connectivity index (χ4v) is 2.82. The lowest BCUT2D eigenvalue weighted by atomic mass is 10.2. The highest BCUT2D eigenvalue weighted by molar-refractivity contribution is 7.13. The zero-order valence-corrected chi connectivity index (χ0v) is 14.9. The van der Waals surface area contributed by atoms with Gasteiger partial charge >= 0.3 is 5.97 Å². The van der Waals surface area contributed by atoms with Crippen LogP contribution >= 0.6 is 11.3 Å². The third kappa shape index (κ3) is 4.73. The fourth-order valence-electron chi connectivity index (χ4n) is 2.17. The molecular weight excluding hydrogens is 354 g/mol. The number of benzene rings is 1. The first-order chi connectivity index (χ1) is 12.6. The first-order valence-electron chi connectivity index (χ1n) is 7.87. The Morgan fingerprint density at radius 2 is 2.00 bits per heavy atom. The van der Waals surface area contributed by atoms with E-state index in [2.05, 4.69) is 15.4 Å². The number of hydrogen-bond donors (Lipinski definition) is 0. The van der Waals surface area contributed by atoms with Crippen molar-refractivity contribution in [2.45, 2.75) is 13.1 Å². The van der Waals surface area contributed by atoms with Crippen molar-refractivity contribution in [3.05, 3.63) is 53.4 Å². The molecule has 134 valence electrons. The van der Waals surface area contributed by atoms with Crippen LogP contribution in [0.4, 0.5) is 0 Å². The smallest absolute Gasteiger partial charge is 0.330 e. The van der Waals surface area contributed by atoms with Gasteiger partial charge < -0.3 is 9.64 Å². The quantitative estimate of drug-likeness (QED) is 0.586. The van der Waals surface area contributed by atoms with Crippen molar-refractivity contribution in [2.24, 2.45) is 0 Å². The predicted molar refractivity (Wildman–Crippen MR) is 95.0 cm³/mol. The fraction of sp³-hybridized carbons (Fsp3) is 0.235. The molecule has 0 radical (unpaired) electrons. The van der Waals surface area contributed by atoms with E-state index in [0.717, 1.165) is 15.2 Å². The van der Waals surface area contributed by atoms with Gasteiger partial charge in [0.2, 0.25) is 5.82 Å². The Kier molecular flexibility index (Phi) is 5.69. The van der Waals surface area contributed by atoms with Gasteiger partial charge in [-0.05, 0) is 22.2 Å². The average molecular weight is 371 g/mol. The number of carbonyl (C=O) groups is 2. The van der Waals surface area contributed by atoms with Crippen LogP contribution in [0, 0.1) is 0 Å². The Labute approximate surface area is 154 Å². The maximum atomic E-state index is 12.1. The molecule has 1 amide bonds. The van der Waals surface area contributed by atoms with E-state index in [4.69, 9.17) is 4.74 Å². The molecule has 0 aliphatic carbocycles. The molecule has 0 saturated carbocycles. The molecule has 3 rings (SSSR count). The Balaban J connectivity index is 1.45. The average Bonchev–Trinajstić information content (AvgIpc) is 3.32. The van der Waals surface area contributed by atoms with Crippen molar-refractivity contribution in [3.8, 4) is 10.7 Å². The number of likely N-dealkylation sites (N-methyl/N-ethyl adjacent to an activating group) is 1. The molecule has 0 N–H and O–H groups in total. The molecule has 1 aromatic carbocycles. The van der Waals surface area contributed by atoms with Crippen LogP contribution in [0.15, 0.2) is 47.8 Å². The van der Waals surface area contributed by atoms with Gasteiger partial charge in [-0.15, -0.1) is 21.5 Å². The summed E-state index contributed by atoms with van der Waals surface area (Å²) in [5.41, 5.74) is 1.00. The Hall–Kier alpha value is -3.07. The van der Waals surface area contributed by atoms with Gasteiger partial charge in [0.1, 0.15) is 0 Å². The number of carbonyl (C=O) groups excluding carboxylic acids is 2. The Morgan fingerprint density at radius 1 is 1.19 bits per heavy atom. The molecule has 0 saturated heterocycles. The van der Waals surface area contributed by atoms with Gasteiger partial charge in [0.15, 0.2) is 13.2 Å². The van der Waals surface area contributed by atoms with Gasteiger partial charge in [0.25, 0.3) is 5.91 Å². The standard InChI is InChI=1S/C17H17N5O3S/c1-21(10-13-6-3-2-4-7-13)15(23)12-25-16(24)11-22-19-17(18-20-22)14-8-5-9-26-14/h2-9H,10-12H2,1H3. The van der Waals surface area contributed by atoms with Crippen molar-refractivity contribution in [3.63, 3.8) is 0 Å². The molecule has 0 atom stereocenters. The van der Waals surface area contributed by atoms with E-state index >= 15 is 0 Å². The molecule has 0 aliphatic heterocycles. The molecule has 8 nitrogen and oxygen atoms in total. The van der Waals surface area contributed by atoms with Gasteiger partial charge in [-0.25, -0.2) is 4.79 Å². The summed E-state index contributed by atoms with van der Waals surface area (Å²) in [4.78, 5) is 27.5. The molecule has 0 unspecified atom stereocenters. The van der Waals surface area contributed by atoms with Crippen LogP contribution in [0.3, 0.4) is 0 Å². The summed E-state index contributed by atoms with van der Waals surface area (Å²) >= 11 is 1.48. The van der Waals surface area contributed by atoms with Crippen LogP contribution in [-0.4, -0.2) is 50.6 Å². The number of ether oxygens (including phenoxy) is 1.